The Morgan fingerprint density at radius 2 is 2.08 bits per heavy atom. The van der Waals surface area contributed by atoms with Crippen LogP contribution in [-0.2, 0) is 11.2 Å². The molecule has 0 aliphatic carbocycles. The zero-order valence-corrected chi connectivity index (χ0v) is 16.3. The Balaban J connectivity index is 0.00000264. The second-order valence-corrected chi connectivity index (χ2v) is 6.59. The lowest BCUT2D eigenvalue weighted by Crippen LogP contribution is -2.46. The van der Waals surface area contributed by atoms with Crippen LogP contribution in [0.2, 0.25) is 0 Å². The SMILES string of the molecule is CC1CCCN(C(C)CNC(=O)CCc2ccccc2N)C1.Cl.Cl. The highest BCUT2D eigenvalue weighted by molar-refractivity contribution is 5.85. The first kappa shape index (κ1) is 23.0. The molecule has 0 spiro atoms. The summed E-state index contributed by atoms with van der Waals surface area (Å²) in [5.74, 6) is 0.883. The molecule has 1 aliphatic rings. The molecule has 1 aliphatic heterocycles. The molecular formula is C18H31Cl2N3O. The quantitative estimate of drug-likeness (QED) is 0.749. The summed E-state index contributed by atoms with van der Waals surface area (Å²) in [7, 11) is 0. The molecule has 2 unspecified atom stereocenters. The number of aryl methyl sites for hydroxylation is 1. The maximum atomic E-state index is 12.0. The van der Waals surface area contributed by atoms with Gasteiger partial charge in [-0.1, -0.05) is 25.1 Å². The largest absolute Gasteiger partial charge is 0.399 e. The van der Waals surface area contributed by atoms with E-state index in [0.717, 1.165) is 36.8 Å². The average Bonchev–Trinajstić information content (AvgIpc) is 2.52. The number of rotatable bonds is 6. The van der Waals surface area contributed by atoms with E-state index in [-0.39, 0.29) is 30.7 Å². The van der Waals surface area contributed by atoms with Crippen LogP contribution in [0.5, 0.6) is 0 Å². The molecule has 1 saturated heterocycles. The van der Waals surface area contributed by atoms with Crippen molar-refractivity contribution in [3.63, 3.8) is 0 Å². The molecule has 1 aromatic rings. The van der Waals surface area contributed by atoms with Gasteiger partial charge in [0.2, 0.25) is 5.91 Å². The van der Waals surface area contributed by atoms with Crippen molar-refractivity contribution in [2.45, 2.75) is 45.6 Å². The molecule has 24 heavy (non-hydrogen) atoms. The van der Waals surface area contributed by atoms with Crippen LogP contribution < -0.4 is 11.1 Å². The van der Waals surface area contributed by atoms with E-state index in [0.29, 0.717) is 18.9 Å². The first-order valence-corrected chi connectivity index (χ1v) is 8.40. The maximum Gasteiger partial charge on any atom is 0.220 e. The lowest BCUT2D eigenvalue weighted by Gasteiger charge is -2.35. The Morgan fingerprint density at radius 1 is 1.38 bits per heavy atom. The van der Waals surface area contributed by atoms with Crippen molar-refractivity contribution in [3.05, 3.63) is 29.8 Å². The van der Waals surface area contributed by atoms with E-state index < -0.39 is 0 Å². The van der Waals surface area contributed by atoms with Gasteiger partial charge >= 0.3 is 0 Å². The summed E-state index contributed by atoms with van der Waals surface area (Å²) in [6.45, 7) is 7.55. The number of para-hydroxylation sites is 1. The first-order valence-electron chi connectivity index (χ1n) is 8.40. The highest BCUT2D eigenvalue weighted by atomic mass is 35.5. The van der Waals surface area contributed by atoms with Gasteiger partial charge in [0.25, 0.3) is 0 Å². The number of carbonyl (C=O) groups excluding carboxylic acids is 1. The molecule has 0 radical (unpaired) electrons. The number of anilines is 1. The van der Waals surface area contributed by atoms with Gasteiger partial charge in [0.15, 0.2) is 0 Å². The molecule has 6 heteroatoms. The minimum atomic E-state index is 0. The molecule has 2 rings (SSSR count). The summed E-state index contributed by atoms with van der Waals surface area (Å²) < 4.78 is 0. The minimum Gasteiger partial charge on any atom is -0.399 e. The van der Waals surface area contributed by atoms with Gasteiger partial charge < -0.3 is 11.1 Å². The second-order valence-electron chi connectivity index (χ2n) is 6.59. The van der Waals surface area contributed by atoms with Gasteiger partial charge in [-0.3, -0.25) is 9.69 Å². The van der Waals surface area contributed by atoms with Crippen LogP contribution in [0, 0.1) is 5.92 Å². The summed E-state index contributed by atoms with van der Waals surface area (Å²) in [5, 5.41) is 3.06. The van der Waals surface area contributed by atoms with Gasteiger partial charge in [-0.15, -0.1) is 24.8 Å². The van der Waals surface area contributed by atoms with Crippen LogP contribution in [0.25, 0.3) is 0 Å². The van der Waals surface area contributed by atoms with Crippen molar-refractivity contribution < 1.29 is 4.79 Å². The van der Waals surface area contributed by atoms with Crippen LogP contribution in [-0.4, -0.2) is 36.5 Å². The summed E-state index contributed by atoms with van der Waals surface area (Å²) in [6.07, 6.45) is 3.80. The Hall–Kier alpha value is -0.970. The highest BCUT2D eigenvalue weighted by Gasteiger charge is 2.21. The third-order valence-electron chi connectivity index (χ3n) is 4.58. The molecular weight excluding hydrogens is 345 g/mol. The molecule has 1 amide bonds. The highest BCUT2D eigenvalue weighted by Crippen LogP contribution is 2.17. The van der Waals surface area contributed by atoms with Crippen LogP contribution in [0.3, 0.4) is 0 Å². The molecule has 0 aromatic heterocycles. The number of nitrogen functional groups attached to an aromatic ring is 1. The van der Waals surface area contributed by atoms with Crippen molar-refractivity contribution in [1.82, 2.24) is 10.2 Å². The number of piperidine rings is 1. The standard InChI is InChI=1S/C18H29N3O.2ClH/c1-14-6-5-11-21(13-14)15(2)12-20-18(22)10-9-16-7-3-4-8-17(16)19;;/h3-4,7-8,14-15H,5-6,9-13,19H2,1-2H3,(H,20,22);2*1H. The van der Waals surface area contributed by atoms with Crippen molar-refractivity contribution >= 4 is 36.4 Å². The predicted octanol–water partition coefficient (Wildman–Crippen LogP) is 3.28. The molecule has 1 heterocycles. The van der Waals surface area contributed by atoms with E-state index in [4.69, 9.17) is 5.73 Å². The van der Waals surface area contributed by atoms with Gasteiger partial charge in [-0.25, -0.2) is 0 Å². The topological polar surface area (TPSA) is 58.4 Å². The monoisotopic (exact) mass is 375 g/mol. The van der Waals surface area contributed by atoms with Crippen molar-refractivity contribution in [2.75, 3.05) is 25.4 Å². The number of carbonyl (C=O) groups is 1. The van der Waals surface area contributed by atoms with E-state index >= 15 is 0 Å². The average molecular weight is 376 g/mol. The van der Waals surface area contributed by atoms with Gasteiger partial charge in [0, 0.05) is 31.2 Å². The molecule has 1 aromatic carbocycles. The summed E-state index contributed by atoms with van der Waals surface area (Å²) >= 11 is 0. The summed E-state index contributed by atoms with van der Waals surface area (Å²) in [4.78, 5) is 14.5. The Bertz CT molecular complexity index is 499. The Morgan fingerprint density at radius 3 is 2.75 bits per heavy atom. The fourth-order valence-corrected chi connectivity index (χ4v) is 3.12. The van der Waals surface area contributed by atoms with E-state index in [1.165, 1.54) is 12.8 Å². The smallest absolute Gasteiger partial charge is 0.220 e. The van der Waals surface area contributed by atoms with Crippen LogP contribution in [0.15, 0.2) is 24.3 Å². The molecule has 138 valence electrons. The van der Waals surface area contributed by atoms with Crippen molar-refractivity contribution in [3.8, 4) is 0 Å². The number of likely N-dealkylation sites (tertiary alicyclic amines) is 1. The van der Waals surface area contributed by atoms with Crippen molar-refractivity contribution in [1.29, 1.82) is 0 Å². The number of benzene rings is 1. The maximum absolute atomic E-state index is 12.0. The number of nitrogens with one attached hydrogen (secondary N) is 1. The third-order valence-corrected chi connectivity index (χ3v) is 4.58. The fraction of sp³-hybridized carbons (Fsp3) is 0.611. The lowest BCUT2D eigenvalue weighted by molar-refractivity contribution is -0.121. The van der Waals surface area contributed by atoms with Gasteiger partial charge in [-0.05, 0) is 50.3 Å². The normalized spacial score (nSPS) is 18.8. The number of halogens is 2. The number of hydrogen-bond donors (Lipinski definition) is 2. The molecule has 1 fully saturated rings. The molecule has 2 atom stereocenters. The Kier molecular flexibility index (Phi) is 11.1. The van der Waals surface area contributed by atoms with Gasteiger partial charge in [0.1, 0.15) is 0 Å². The third kappa shape index (κ3) is 7.29. The molecule has 3 N–H and O–H groups in total. The fourth-order valence-electron chi connectivity index (χ4n) is 3.12. The number of nitrogens with zero attached hydrogens (tertiary/aromatic N) is 1. The number of amides is 1. The van der Waals surface area contributed by atoms with E-state index in [2.05, 4.69) is 24.1 Å². The van der Waals surface area contributed by atoms with Crippen LogP contribution in [0.4, 0.5) is 5.69 Å². The second kappa shape index (κ2) is 11.6. The summed E-state index contributed by atoms with van der Waals surface area (Å²) in [5.41, 5.74) is 7.72. The van der Waals surface area contributed by atoms with Gasteiger partial charge in [0.05, 0.1) is 0 Å². The first-order chi connectivity index (χ1) is 10.6. The molecule has 0 saturated carbocycles. The summed E-state index contributed by atoms with van der Waals surface area (Å²) in [6, 6.07) is 8.16. The van der Waals surface area contributed by atoms with E-state index in [1.807, 2.05) is 24.3 Å². The number of hydrogen-bond acceptors (Lipinski definition) is 3. The zero-order chi connectivity index (χ0) is 15.9. The number of nitrogens with two attached hydrogens (primary N) is 1. The molecule has 0 bridgehead atoms. The van der Waals surface area contributed by atoms with E-state index in [9.17, 15) is 4.79 Å². The molecule has 4 nitrogen and oxygen atoms in total. The van der Waals surface area contributed by atoms with Crippen LogP contribution >= 0.6 is 24.8 Å². The Labute approximate surface area is 158 Å². The predicted molar refractivity (Wildman–Crippen MR) is 106 cm³/mol. The van der Waals surface area contributed by atoms with Crippen molar-refractivity contribution in [2.24, 2.45) is 5.92 Å². The van der Waals surface area contributed by atoms with Crippen LogP contribution in [0.1, 0.15) is 38.7 Å². The van der Waals surface area contributed by atoms with E-state index in [1.54, 1.807) is 0 Å². The lowest BCUT2D eigenvalue weighted by atomic mass is 9.99. The zero-order valence-electron chi connectivity index (χ0n) is 14.7. The minimum absolute atomic E-state index is 0. The van der Waals surface area contributed by atoms with Gasteiger partial charge in [-0.2, -0.15) is 0 Å².